The Hall–Kier alpha value is -1.98. The van der Waals surface area contributed by atoms with Crippen molar-refractivity contribution in [2.45, 2.75) is 0 Å². The van der Waals surface area contributed by atoms with E-state index in [-0.39, 0.29) is 6.01 Å². The predicted octanol–water partition coefficient (Wildman–Crippen LogP) is 0.810. The molecule has 0 aliphatic heterocycles. The lowest BCUT2D eigenvalue weighted by Crippen LogP contribution is -2.00. The lowest BCUT2D eigenvalue weighted by atomic mass is 10.6. The fourth-order valence-electron chi connectivity index (χ4n) is 0.984. The molecule has 0 saturated heterocycles. The number of hydrogen-bond acceptors (Lipinski definition) is 4. The van der Waals surface area contributed by atoms with E-state index in [9.17, 15) is 4.39 Å². The summed E-state index contributed by atoms with van der Waals surface area (Å²) in [5, 5.41) is 3.76. The number of halogens is 1. The van der Waals surface area contributed by atoms with Gasteiger partial charge in [0.15, 0.2) is 11.6 Å². The van der Waals surface area contributed by atoms with E-state index in [4.69, 9.17) is 4.74 Å². The van der Waals surface area contributed by atoms with Crippen molar-refractivity contribution in [1.82, 2.24) is 19.7 Å². The molecule has 6 heteroatoms. The Kier molecular flexibility index (Phi) is 2.10. The van der Waals surface area contributed by atoms with E-state index in [1.54, 1.807) is 6.07 Å². The average molecular weight is 194 g/mol. The minimum absolute atomic E-state index is 0.221. The Bertz CT molecular complexity index is 442. The first-order valence-corrected chi connectivity index (χ1v) is 3.87. The first kappa shape index (κ1) is 8.61. The van der Waals surface area contributed by atoms with Gasteiger partial charge < -0.3 is 4.74 Å². The fraction of sp³-hybridized carbons (Fsp3) is 0.125. The summed E-state index contributed by atoms with van der Waals surface area (Å²) >= 11 is 0. The Morgan fingerprint density at radius 1 is 1.50 bits per heavy atom. The van der Waals surface area contributed by atoms with Crippen LogP contribution in [-0.2, 0) is 0 Å². The fourth-order valence-corrected chi connectivity index (χ4v) is 0.984. The van der Waals surface area contributed by atoms with Crippen LogP contribution in [0.25, 0.3) is 5.82 Å². The molecule has 0 saturated carbocycles. The van der Waals surface area contributed by atoms with Crippen molar-refractivity contribution in [2.24, 2.45) is 0 Å². The zero-order chi connectivity index (χ0) is 9.97. The van der Waals surface area contributed by atoms with E-state index in [2.05, 4.69) is 15.1 Å². The van der Waals surface area contributed by atoms with Crippen molar-refractivity contribution in [2.75, 3.05) is 7.11 Å². The Labute approximate surface area is 79.2 Å². The summed E-state index contributed by atoms with van der Waals surface area (Å²) in [6.45, 7) is 0. The number of rotatable bonds is 2. The average Bonchev–Trinajstić information content (AvgIpc) is 2.65. The first-order chi connectivity index (χ1) is 6.79. The highest BCUT2D eigenvalue weighted by atomic mass is 19.1. The lowest BCUT2D eigenvalue weighted by Gasteiger charge is -2.00. The maximum absolute atomic E-state index is 12.6. The second-order valence-corrected chi connectivity index (χ2v) is 2.50. The van der Waals surface area contributed by atoms with Crippen LogP contribution in [0.15, 0.2) is 24.7 Å². The van der Waals surface area contributed by atoms with Crippen LogP contribution in [0, 0.1) is 5.82 Å². The molecule has 2 heterocycles. The Balaban J connectivity index is 2.41. The molecule has 2 aromatic heterocycles. The highest BCUT2D eigenvalue weighted by Crippen LogP contribution is 2.07. The van der Waals surface area contributed by atoms with E-state index >= 15 is 0 Å². The van der Waals surface area contributed by atoms with Gasteiger partial charge in [-0.1, -0.05) is 0 Å². The van der Waals surface area contributed by atoms with Crippen LogP contribution in [0.5, 0.6) is 6.01 Å². The van der Waals surface area contributed by atoms with Gasteiger partial charge in [0.1, 0.15) is 0 Å². The molecule has 0 aromatic carbocycles. The molecule has 2 rings (SSSR count). The summed E-state index contributed by atoms with van der Waals surface area (Å²) in [5.74, 6) is 0.0447. The van der Waals surface area contributed by atoms with E-state index in [0.717, 1.165) is 6.20 Å². The van der Waals surface area contributed by atoms with Gasteiger partial charge in [0.2, 0.25) is 0 Å². The van der Waals surface area contributed by atoms with Crippen molar-refractivity contribution in [3.63, 3.8) is 0 Å². The molecule has 0 spiro atoms. The molecule has 5 nitrogen and oxygen atoms in total. The molecule has 0 unspecified atom stereocenters. The van der Waals surface area contributed by atoms with Crippen molar-refractivity contribution in [1.29, 1.82) is 0 Å². The lowest BCUT2D eigenvalue weighted by molar-refractivity contribution is 0.378. The third-order valence-corrected chi connectivity index (χ3v) is 1.59. The second-order valence-electron chi connectivity index (χ2n) is 2.50. The number of ether oxygens (including phenoxy) is 1. The maximum atomic E-state index is 12.6. The van der Waals surface area contributed by atoms with Gasteiger partial charge in [0.05, 0.1) is 19.5 Å². The molecule has 0 aliphatic carbocycles. The van der Waals surface area contributed by atoms with Crippen molar-refractivity contribution in [3.05, 3.63) is 30.5 Å². The van der Waals surface area contributed by atoms with Crippen molar-refractivity contribution >= 4 is 0 Å². The highest BCUT2D eigenvalue weighted by molar-refractivity contribution is 5.20. The second kappa shape index (κ2) is 3.41. The van der Waals surface area contributed by atoms with Gasteiger partial charge in [0.25, 0.3) is 0 Å². The number of aromatic nitrogens is 4. The number of nitrogens with zero attached hydrogens (tertiary/aromatic N) is 4. The van der Waals surface area contributed by atoms with Crippen LogP contribution in [0.2, 0.25) is 0 Å². The van der Waals surface area contributed by atoms with Crippen LogP contribution in [0.1, 0.15) is 0 Å². The normalized spacial score (nSPS) is 10.1. The Morgan fingerprint density at radius 2 is 2.36 bits per heavy atom. The smallest absolute Gasteiger partial charge is 0.318 e. The minimum atomic E-state index is -0.414. The molecule has 0 aliphatic rings. The Morgan fingerprint density at radius 3 is 3.00 bits per heavy atom. The number of hydrogen-bond donors (Lipinski definition) is 0. The highest BCUT2D eigenvalue weighted by Gasteiger charge is 2.03. The zero-order valence-electron chi connectivity index (χ0n) is 7.38. The molecule has 0 fully saturated rings. The molecular formula is C8H7FN4O. The largest absolute Gasteiger partial charge is 0.467 e. The summed E-state index contributed by atoms with van der Waals surface area (Å²) in [5.41, 5.74) is 0. The van der Waals surface area contributed by atoms with Gasteiger partial charge in [-0.3, -0.25) is 0 Å². The summed E-state index contributed by atoms with van der Waals surface area (Å²) < 4.78 is 18.8. The molecule has 0 amide bonds. The van der Waals surface area contributed by atoms with Crippen LogP contribution < -0.4 is 4.74 Å². The molecule has 0 radical (unpaired) electrons. The predicted molar refractivity (Wildman–Crippen MR) is 45.7 cm³/mol. The van der Waals surface area contributed by atoms with Crippen LogP contribution in [0.4, 0.5) is 4.39 Å². The van der Waals surface area contributed by atoms with E-state index < -0.39 is 5.82 Å². The van der Waals surface area contributed by atoms with Gasteiger partial charge in [-0.25, -0.2) is 14.1 Å². The van der Waals surface area contributed by atoms with Crippen LogP contribution in [-0.4, -0.2) is 26.9 Å². The van der Waals surface area contributed by atoms with Crippen molar-refractivity contribution in [3.8, 4) is 11.8 Å². The monoisotopic (exact) mass is 194 g/mol. The molecule has 0 atom stereocenters. The maximum Gasteiger partial charge on any atom is 0.318 e. The third kappa shape index (κ3) is 1.54. The molecule has 72 valence electrons. The zero-order valence-corrected chi connectivity index (χ0v) is 7.38. The van der Waals surface area contributed by atoms with Gasteiger partial charge >= 0.3 is 6.01 Å². The summed E-state index contributed by atoms with van der Waals surface area (Å²) in [7, 11) is 1.46. The van der Waals surface area contributed by atoms with Crippen LogP contribution >= 0.6 is 0 Å². The standard InChI is InChI=1S/C8H7FN4O/c1-14-8-10-3-2-7(12-8)13-5-6(9)4-11-13/h2-5H,1H3. The van der Waals surface area contributed by atoms with E-state index in [1.807, 2.05) is 0 Å². The minimum Gasteiger partial charge on any atom is -0.467 e. The molecule has 0 bridgehead atoms. The van der Waals surface area contributed by atoms with Gasteiger partial charge in [0, 0.05) is 12.3 Å². The summed E-state index contributed by atoms with van der Waals surface area (Å²) in [4.78, 5) is 7.80. The molecule has 14 heavy (non-hydrogen) atoms. The van der Waals surface area contributed by atoms with Gasteiger partial charge in [-0.2, -0.15) is 10.1 Å². The van der Waals surface area contributed by atoms with Gasteiger partial charge in [-0.15, -0.1) is 0 Å². The molecule has 2 aromatic rings. The van der Waals surface area contributed by atoms with Crippen molar-refractivity contribution < 1.29 is 9.13 Å². The molecule has 0 N–H and O–H groups in total. The third-order valence-electron chi connectivity index (χ3n) is 1.59. The number of methoxy groups -OCH3 is 1. The van der Waals surface area contributed by atoms with Gasteiger partial charge in [-0.05, 0) is 0 Å². The summed E-state index contributed by atoms with van der Waals surface area (Å²) in [6, 6.07) is 1.83. The molecular weight excluding hydrogens is 187 g/mol. The quantitative estimate of drug-likeness (QED) is 0.709. The SMILES string of the molecule is COc1nccc(-n2cc(F)cn2)n1. The topological polar surface area (TPSA) is 52.8 Å². The first-order valence-electron chi connectivity index (χ1n) is 3.87. The summed E-state index contributed by atoms with van der Waals surface area (Å²) in [6.07, 6.45) is 3.84. The van der Waals surface area contributed by atoms with Crippen LogP contribution in [0.3, 0.4) is 0 Å². The van der Waals surface area contributed by atoms with E-state index in [1.165, 1.54) is 24.2 Å². The van der Waals surface area contributed by atoms with E-state index in [0.29, 0.717) is 5.82 Å².